The number of carbonyl (C=O) groups excluding carboxylic acids is 1. The van der Waals surface area contributed by atoms with Gasteiger partial charge in [0, 0.05) is 6.92 Å². The Morgan fingerprint density at radius 1 is 1.14 bits per heavy atom. The van der Waals surface area contributed by atoms with E-state index >= 15 is 0 Å². The van der Waals surface area contributed by atoms with E-state index in [1.165, 1.54) is 6.92 Å². The van der Waals surface area contributed by atoms with Crippen molar-refractivity contribution >= 4 is 5.97 Å². The van der Waals surface area contributed by atoms with Crippen molar-refractivity contribution < 1.29 is 14.6 Å². The molecule has 0 aliphatic carbocycles. The molecule has 3 heteroatoms. The third kappa shape index (κ3) is 15.8. The van der Waals surface area contributed by atoms with Gasteiger partial charge in [-0.15, -0.1) is 0 Å². The van der Waals surface area contributed by atoms with Gasteiger partial charge in [-0.25, -0.2) is 0 Å². The number of hydrogen-bond donors (Lipinski definition) is 1. The van der Waals surface area contributed by atoms with Gasteiger partial charge in [0.05, 0.1) is 6.10 Å². The van der Waals surface area contributed by atoms with Gasteiger partial charge in [0.1, 0.15) is 6.61 Å². The number of allylic oxidation sites excluding steroid dienone is 5. The van der Waals surface area contributed by atoms with Gasteiger partial charge in [-0.3, -0.25) is 4.79 Å². The number of rotatable bonds is 8. The zero-order valence-corrected chi connectivity index (χ0v) is 13.3. The van der Waals surface area contributed by atoms with Crippen LogP contribution >= 0.6 is 0 Å². The van der Waals surface area contributed by atoms with Crippen LogP contribution in [0.3, 0.4) is 0 Å². The smallest absolute Gasteiger partial charge is 0.302 e. The highest BCUT2D eigenvalue weighted by Gasteiger charge is 1.98. The molecule has 0 radical (unpaired) electrons. The minimum absolute atomic E-state index is 0.192. The first-order valence-corrected chi connectivity index (χ1v) is 7.46. The van der Waals surface area contributed by atoms with Gasteiger partial charge in [0.15, 0.2) is 0 Å². The molecule has 0 bridgehead atoms. The third-order valence-electron chi connectivity index (χ3n) is 2.51. The molecule has 0 unspecified atom stereocenters. The van der Waals surface area contributed by atoms with Crippen LogP contribution in [0.5, 0.6) is 0 Å². The van der Waals surface area contributed by atoms with Gasteiger partial charge >= 0.3 is 5.97 Å². The summed E-state index contributed by atoms with van der Waals surface area (Å²) in [7, 11) is 0. The first-order chi connectivity index (χ1) is 10.7. The molecular weight excluding hydrogens is 276 g/mol. The maximum atomic E-state index is 10.5. The van der Waals surface area contributed by atoms with E-state index in [0.29, 0.717) is 0 Å². The Labute approximate surface area is 133 Å². The normalized spacial score (nSPS) is 12.0. The summed E-state index contributed by atoms with van der Waals surface area (Å²) in [5.74, 6) is 10.5. The molecule has 0 aliphatic rings. The molecule has 1 atom stereocenters. The van der Waals surface area contributed by atoms with E-state index in [9.17, 15) is 9.90 Å². The predicted octanol–water partition coefficient (Wildman–Crippen LogP) is 3.17. The lowest BCUT2D eigenvalue weighted by Crippen LogP contribution is -2.04. The molecule has 118 valence electrons. The molecule has 0 heterocycles. The fourth-order valence-electron chi connectivity index (χ4n) is 1.47. The lowest BCUT2D eigenvalue weighted by molar-refractivity contribution is -0.139. The van der Waals surface area contributed by atoms with Gasteiger partial charge in [-0.2, -0.15) is 0 Å². The molecule has 0 rings (SSSR count). The lowest BCUT2D eigenvalue weighted by atomic mass is 10.1. The first kappa shape index (κ1) is 19.8. The zero-order valence-electron chi connectivity index (χ0n) is 13.3. The number of aliphatic hydroxyl groups excluding tert-OH is 1. The zero-order chi connectivity index (χ0) is 16.5. The summed E-state index contributed by atoms with van der Waals surface area (Å²) in [5, 5.41) is 9.53. The molecule has 3 nitrogen and oxygen atoms in total. The van der Waals surface area contributed by atoms with Crippen LogP contribution in [0, 0.1) is 23.7 Å². The number of esters is 1. The highest BCUT2D eigenvalue weighted by molar-refractivity contribution is 5.66. The van der Waals surface area contributed by atoms with E-state index < -0.39 is 0 Å². The summed E-state index contributed by atoms with van der Waals surface area (Å²) >= 11 is 0. The molecule has 0 saturated heterocycles. The maximum absolute atomic E-state index is 10.5. The average molecular weight is 300 g/mol. The first-order valence-electron chi connectivity index (χ1n) is 7.46. The largest absolute Gasteiger partial charge is 0.462 e. The van der Waals surface area contributed by atoms with Gasteiger partial charge < -0.3 is 9.84 Å². The minimum atomic E-state index is -0.310. The van der Waals surface area contributed by atoms with Gasteiger partial charge in [-0.1, -0.05) is 43.4 Å². The Morgan fingerprint density at radius 3 is 2.55 bits per heavy atom. The Balaban J connectivity index is 3.80. The van der Waals surface area contributed by atoms with E-state index in [1.54, 1.807) is 18.2 Å². The summed E-state index contributed by atoms with van der Waals surface area (Å²) in [4.78, 5) is 10.5. The van der Waals surface area contributed by atoms with Crippen molar-refractivity contribution in [1.82, 2.24) is 0 Å². The van der Waals surface area contributed by atoms with E-state index in [2.05, 4.69) is 30.6 Å². The molecule has 0 aromatic rings. The summed E-state index contributed by atoms with van der Waals surface area (Å²) in [5.41, 5.74) is 0. The van der Waals surface area contributed by atoms with Crippen molar-refractivity contribution in [3.63, 3.8) is 0 Å². The summed E-state index contributed by atoms with van der Waals surface area (Å²) in [6, 6.07) is 0. The Hall–Kier alpha value is -2.23. The van der Waals surface area contributed by atoms with Crippen LogP contribution in [-0.2, 0) is 9.53 Å². The van der Waals surface area contributed by atoms with Crippen molar-refractivity contribution in [3.8, 4) is 23.7 Å². The van der Waals surface area contributed by atoms with Crippen molar-refractivity contribution in [1.29, 1.82) is 0 Å². The van der Waals surface area contributed by atoms with Crippen LogP contribution in [0.2, 0.25) is 0 Å². The third-order valence-corrected chi connectivity index (χ3v) is 2.51. The predicted molar refractivity (Wildman–Crippen MR) is 89.8 cm³/mol. The molecule has 0 aromatic carbocycles. The van der Waals surface area contributed by atoms with Crippen LogP contribution < -0.4 is 0 Å². The van der Waals surface area contributed by atoms with Crippen LogP contribution in [0.1, 0.15) is 39.5 Å². The van der Waals surface area contributed by atoms with Crippen molar-refractivity contribution in [3.05, 3.63) is 36.5 Å². The second-order valence-corrected chi connectivity index (χ2v) is 4.55. The van der Waals surface area contributed by atoms with Gasteiger partial charge in [0.2, 0.25) is 0 Å². The van der Waals surface area contributed by atoms with Gasteiger partial charge in [0.25, 0.3) is 0 Å². The van der Waals surface area contributed by atoms with E-state index in [4.69, 9.17) is 4.74 Å². The average Bonchev–Trinajstić information content (AvgIpc) is 2.47. The van der Waals surface area contributed by atoms with Crippen molar-refractivity contribution in [2.75, 3.05) is 6.61 Å². The minimum Gasteiger partial charge on any atom is -0.462 e. The molecule has 0 spiro atoms. The summed E-state index contributed by atoms with van der Waals surface area (Å²) < 4.78 is 4.70. The quantitative estimate of drug-likeness (QED) is 0.425. The molecule has 22 heavy (non-hydrogen) atoms. The number of ether oxygens (including phenoxy) is 1. The Morgan fingerprint density at radius 2 is 1.86 bits per heavy atom. The second-order valence-electron chi connectivity index (χ2n) is 4.55. The summed E-state index contributed by atoms with van der Waals surface area (Å²) in [6.07, 6.45) is 14.1. The Kier molecular flexibility index (Phi) is 13.6. The fraction of sp³-hybridized carbons (Fsp3) is 0.421. The molecule has 1 N–H and O–H groups in total. The number of hydrogen-bond acceptors (Lipinski definition) is 3. The van der Waals surface area contributed by atoms with Crippen LogP contribution in [0.25, 0.3) is 0 Å². The molecule has 0 saturated carbocycles. The van der Waals surface area contributed by atoms with Crippen LogP contribution in [-0.4, -0.2) is 23.8 Å². The highest BCUT2D eigenvalue weighted by atomic mass is 16.5. The fourth-order valence-corrected chi connectivity index (χ4v) is 1.47. The van der Waals surface area contributed by atoms with Crippen LogP contribution in [0.15, 0.2) is 36.5 Å². The topological polar surface area (TPSA) is 46.5 Å². The molecule has 0 fully saturated rings. The number of carbonyl (C=O) groups is 1. The van der Waals surface area contributed by atoms with E-state index in [0.717, 1.165) is 25.7 Å². The van der Waals surface area contributed by atoms with Crippen LogP contribution in [0.4, 0.5) is 0 Å². The molecule has 0 aromatic heterocycles. The SMILES string of the molecule is CCC[C@H](O)CC/C=C/C=C/C#CC#CC=CCOC(C)=O. The van der Waals surface area contributed by atoms with E-state index in [-0.39, 0.29) is 18.7 Å². The molecular formula is C19H24O3. The van der Waals surface area contributed by atoms with Crippen molar-refractivity contribution in [2.24, 2.45) is 0 Å². The highest BCUT2D eigenvalue weighted by Crippen LogP contribution is 2.04. The Bertz CT molecular complexity index is 504. The molecule has 0 aliphatic heterocycles. The molecule has 0 amide bonds. The summed E-state index contributed by atoms with van der Waals surface area (Å²) in [6.45, 7) is 3.66. The monoisotopic (exact) mass is 300 g/mol. The second kappa shape index (κ2) is 15.2. The van der Waals surface area contributed by atoms with Crippen molar-refractivity contribution in [2.45, 2.75) is 45.6 Å². The maximum Gasteiger partial charge on any atom is 0.302 e. The van der Waals surface area contributed by atoms with E-state index in [1.807, 2.05) is 18.2 Å². The standard InChI is InChI=1S/C19H24O3/c1-3-15-19(21)16-13-11-9-7-5-4-6-8-10-12-14-17-22-18(2)20/h5,7,9,11-12,14,19,21H,3,13,15-17H2,1-2H3/b7-5+,11-9+,14-12?/t19-/m0/s1. The van der Waals surface area contributed by atoms with Gasteiger partial charge in [-0.05, 0) is 49.3 Å². The number of aliphatic hydroxyl groups is 1. The lowest BCUT2D eigenvalue weighted by Gasteiger charge is -2.05.